The number of amides is 1. The van der Waals surface area contributed by atoms with E-state index in [1.54, 1.807) is 41.1 Å². The summed E-state index contributed by atoms with van der Waals surface area (Å²) in [5.74, 6) is -1.10. The lowest BCUT2D eigenvalue weighted by molar-refractivity contribution is -0.151. The van der Waals surface area contributed by atoms with Crippen LogP contribution in [-0.2, 0) is 16.1 Å². The molecule has 0 aliphatic heterocycles. The van der Waals surface area contributed by atoms with Gasteiger partial charge in [-0.25, -0.2) is 4.79 Å². The number of aliphatic hydroxyl groups excluding tert-OH is 1. The average molecular weight is 521 g/mol. The first-order valence-corrected chi connectivity index (χ1v) is 12.2. The number of aromatic nitrogens is 1. The summed E-state index contributed by atoms with van der Waals surface area (Å²) in [7, 11) is 1.21. The minimum Gasteiger partial charge on any atom is -0.485 e. The van der Waals surface area contributed by atoms with Crippen LogP contribution in [0, 0.1) is 0 Å². The summed E-state index contributed by atoms with van der Waals surface area (Å²) in [6.45, 7) is -0.410. The van der Waals surface area contributed by atoms with E-state index in [0.717, 1.165) is 34.7 Å². The molecule has 0 unspecified atom stereocenters. The molecule has 0 spiro atoms. The summed E-state index contributed by atoms with van der Waals surface area (Å²) >= 11 is 6.06. The molecular weight excluding hydrogens is 496 g/mol. The lowest BCUT2D eigenvalue weighted by atomic mass is 10.0. The van der Waals surface area contributed by atoms with Gasteiger partial charge in [-0.1, -0.05) is 29.8 Å². The zero-order valence-corrected chi connectivity index (χ0v) is 20.8. The van der Waals surface area contributed by atoms with Crippen LogP contribution in [0.5, 0.6) is 5.75 Å². The van der Waals surface area contributed by atoms with Gasteiger partial charge in [0.25, 0.3) is 5.91 Å². The molecule has 0 bridgehead atoms. The number of benzene rings is 3. The zero-order valence-electron chi connectivity index (χ0n) is 20.1. The number of nitrogens with zero attached hydrogens (tertiary/aromatic N) is 1. The van der Waals surface area contributed by atoms with Crippen molar-refractivity contribution in [3.05, 3.63) is 76.4 Å². The van der Waals surface area contributed by atoms with Crippen LogP contribution in [0.15, 0.2) is 54.7 Å². The molecule has 0 saturated heterocycles. The highest BCUT2D eigenvalue weighted by Crippen LogP contribution is 2.41. The fourth-order valence-electron chi connectivity index (χ4n) is 4.53. The van der Waals surface area contributed by atoms with Crippen LogP contribution in [0.4, 0.5) is 0 Å². The van der Waals surface area contributed by atoms with Gasteiger partial charge in [-0.3, -0.25) is 9.59 Å². The van der Waals surface area contributed by atoms with Crippen molar-refractivity contribution in [2.75, 3.05) is 13.7 Å². The number of aliphatic hydroxyl groups is 1. The second kappa shape index (κ2) is 9.88. The molecule has 190 valence electrons. The number of primary amides is 1. The normalized spacial score (nSPS) is 14.0. The maximum atomic E-state index is 13.3. The van der Waals surface area contributed by atoms with E-state index in [2.05, 4.69) is 4.74 Å². The molecule has 1 aromatic heterocycles. The summed E-state index contributed by atoms with van der Waals surface area (Å²) in [6.07, 6.45) is 2.44. The number of hydrogen-bond acceptors (Lipinski definition) is 6. The zero-order chi connectivity index (χ0) is 26.3. The van der Waals surface area contributed by atoms with Gasteiger partial charge in [0, 0.05) is 27.7 Å². The minimum atomic E-state index is -1.38. The van der Waals surface area contributed by atoms with Crippen molar-refractivity contribution in [3.63, 3.8) is 0 Å². The minimum absolute atomic E-state index is 0.0650. The Morgan fingerprint density at radius 3 is 2.57 bits per heavy atom. The van der Waals surface area contributed by atoms with E-state index < -0.39 is 18.0 Å². The fourth-order valence-corrected chi connectivity index (χ4v) is 4.71. The highest BCUT2D eigenvalue weighted by molar-refractivity contribution is 6.31. The van der Waals surface area contributed by atoms with Crippen molar-refractivity contribution < 1.29 is 29.0 Å². The Kier molecular flexibility index (Phi) is 6.62. The number of halogens is 1. The van der Waals surface area contributed by atoms with Gasteiger partial charge >= 0.3 is 5.97 Å². The van der Waals surface area contributed by atoms with E-state index in [4.69, 9.17) is 22.1 Å². The molecule has 9 heteroatoms. The van der Waals surface area contributed by atoms with Crippen LogP contribution in [0.3, 0.4) is 0 Å². The first-order valence-electron chi connectivity index (χ1n) is 11.8. The number of ketones is 1. The third kappa shape index (κ3) is 5.03. The number of fused-ring (bicyclic) bond motifs is 2. The van der Waals surface area contributed by atoms with Gasteiger partial charge in [-0.15, -0.1) is 0 Å². The van der Waals surface area contributed by atoms with Gasteiger partial charge in [-0.05, 0) is 65.4 Å². The van der Waals surface area contributed by atoms with Crippen LogP contribution in [-0.4, -0.2) is 47.2 Å². The first-order chi connectivity index (χ1) is 17.7. The average Bonchev–Trinajstić information content (AvgIpc) is 3.68. The van der Waals surface area contributed by atoms with Crippen molar-refractivity contribution in [2.45, 2.75) is 31.4 Å². The van der Waals surface area contributed by atoms with Crippen LogP contribution < -0.4 is 10.5 Å². The molecule has 1 atom stereocenters. The molecule has 37 heavy (non-hydrogen) atoms. The molecule has 1 aliphatic rings. The predicted molar refractivity (Wildman–Crippen MR) is 139 cm³/mol. The molecule has 3 aromatic carbocycles. The number of Topliss-reactive ketones (excluding diaryl/α,β-unsaturated/α-hetero) is 1. The van der Waals surface area contributed by atoms with E-state index >= 15 is 0 Å². The Morgan fingerprint density at radius 2 is 1.86 bits per heavy atom. The molecular formula is C28H25ClN2O6. The summed E-state index contributed by atoms with van der Waals surface area (Å²) in [5, 5.41) is 12.9. The number of esters is 1. The van der Waals surface area contributed by atoms with E-state index in [0.29, 0.717) is 21.9 Å². The molecule has 4 aromatic rings. The molecule has 5 rings (SSSR count). The first kappa shape index (κ1) is 24.8. The van der Waals surface area contributed by atoms with Crippen molar-refractivity contribution in [2.24, 2.45) is 5.73 Å². The van der Waals surface area contributed by atoms with Gasteiger partial charge < -0.3 is 24.9 Å². The quantitative estimate of drug-likeness (QED) is 0.252. The van der Waals surface area contributed by atoms with Gasteiger partial charge in [0.15, 0.2) is 12.7 Å². The van der Waals surface area contributed by atoms with Crippen LogP contribution in [0.2, 0.25) is 5.02 Å². The summed E-state index contributed by atoms with van der Waals surface area (Å²) in [6, 6.07) is 14.3. The summed E-state index contributed by atoms with van der Waals surface area (Å²) < 4.78 is 12.1. The monoisotopic (exact) mass is 520 g/mol. The standard InChI is InChI=1S/C28H25ClN2O6/c1-36-28(35)24(32)13-31-12-22(20-7-5-16(10-23(20)31)15-2-3-15)25(33)14-37-26-11-17-4-6-19(29)8-18(17)9-21(26)27(30)34/h4-12,15,24,32H,2-3,13-14H2,1H3,(H2,30,34)/t24-/m0/s1. The van der Waals surface area contributed by atoms with E-state index in [-0.39, 0.29) is 30.2 Å². The van der Waals surface area contributed by atoms with Gasteiger partial charge in [0.05, 0.1) is 19.2 Å². The van der Waals surface area contributed by atoms with E-state index in [1.807, 2.05) is 18.2 Å². The number of carbonyl (C=O) groups excluding carboxylic acids is 3. The topological polar surface area (TPSA) is 121 Å². The van der Waals surface area contributed by atoms with Crippen molar-refractivity contribution in [1.29, 1.82) is 0 Å². The van der Waals surface area contributed by atoms with Gasteiger partial charge in [0.1, 0.15) is 5.75 Å². The molecule has 1 saturated carbocycles. The molecule has 3 N–H and O–H groups in total. The lowest BCUT2D eigenvalue weighted by Gasteiger charge is -2.11. The molecule has 1 aliphatic carbocycles. The predicted octanol–water partition coefficient (Wildman–Crippen LogP) is 4.22. The number of nitrogens with two attached hydrogens (primary N) is 1. The second-order valence-corrected chi connectivity index (χ2v) is 9.64. The largest absolute Gasteiger partial charge is 0.485 e. The second-order valence-electron chi connectivity index (χ2n) is 9.20. The fraction of sp³-hybridized carbons (Fsp3) is 0.250. The van der Waals surface area contributed by atoms with Crippen LogP contribution >= 0.6 is 11.6 Å². The SMILES string of the molecule is COC(=O)[C@@H](O)Cn1cc(C(=O)COc2cc3ccc(Cl)cc3cc2C(N)=O)c2ccc(C3CC3)cc21. The number of rotatable bonds is 9. The summed E-state index contributed by atoms with van der Waals surface area (Å²) in [5.41, 5.74) is 7.96. The van der Waals surface area contributed by atoms with Gasteiger partial charge in [-0.2, -0.15) is 0 Å². The molecule has 1 amide bonds. The maximum Gasteiger partial charge on any atom is 0.336 e. The Bertz CT molecular complexity index is 1560. The number of methoxy groups -OCH3 is 1. The number of ether oxygens (including phenoxy) is 2. The lowest BCUT2D eigenvalue weighted by Crippen LogP contribution is -2.26. The summed E-state index contributed by atoms with van der Waals surface area (Å²) in [4.78, 5) is 37.2. The van der Waals surface area contributed by atoms with Crippen molar-refractivity contribution in [1.82, 2.24) is 4.57 Å². The number of hydrogen-bond donors (Lipinski definition) is 2. The van der Waals surface area contributed by atoms with E-state index in [1.165, 1.54) is 7.11 Å². The Morgan fingerprint density at radius 1 is 1.08 bits per heavy atom. The molecule has 1 heterocycles. The van der Waals surface area contributed by atoms with E-state index in [9.17, 15) is 19.5 Å². The van der Waals surface area contributed by atoms with Gasteiger partial charge in [0.2, 0.25) is 5.78 Å². The molecule has 1 fully saturated rings. The maximum absolute atomic E-state index is 13.3. The van der Waals surface area contributed by atoms with Crippen LogP contribution in [0.1, 0.15) is 45.0 Å². The number of carbonyl (C=O) groups is 3. The van der Waals surface area contributed by atoms with Crippen LogP contribution in [0.25, 0.3) is 21.7 Å². The molecule has 8 nitrogen and oxygen atoms in total. The highest BCUT2D eigenvalue weighted by Gasteiger charge is 2.26. The Hall–Kier alpha value is -3.88. The van der Waals surface area contributed by atoms with Crippen molar-refractivity contribution in [3.8, 4) is 5.75 Å². The van der Waals surface area contributed by atoms with Crippen molar-refractivity contribution >= 4 is 50.9 Å². The Balaban J connectivity index is 1.46. The third-order valence-corrected chi connectivity index (χ3v) is 6.86. The third-order valence-electron chi connectivity index (χ3n) is 6.62. The molecule has 0 radical (unpaired) electrons. The Labute approximate surface area is 217 Å². The highest BCUT2D eigenvalue weighted by atomic mass is 35.5. The smallest absolute Gasteiger partial charge is 0.336 e.